The first-order valence-electron chi connectivity index (χ1n) is 9.16. The van der Waals surface area contributed by atoms with Gasteiger partial charge in [-0.3, -0.25) is 0 Å². The van der Waals surface area contributed by atoms with Crippen LogP contribution in [0.5, 0.6) is 11.5 Å². The molecule has 2 aromatic rings. The van der Waals surface area contributed by atoms with E-state index in [1.165, 1.54) is 0 Å². The van der Waals surface area contributed by atoms with Crippen LogP contribution in [0.2, 0.25) is 0 Å². The van der Waals surface area contributed by atoms with Crippen LogP contribution in [0.4, 0.5) is 4.79 Å². The van der Waals surface area contributed by atoms with Crippen LogP contribution in [0.15, 0.2) is 54.6 Å². The Morgan fingerprint density at radius 3 is 2.69 bits per heavy atom. The minimum absolute atomic E-state index is 0.0312. The Morgan fingerprint density at radius 1 is 1.12 bits per heavy atom. The van der Waals surface area contributed by atoms with Crippen molar-refractivity contribution in [3.63, 3.8) is 0 Å². The smallest absolute Gasteiger partial charge is 0.317 e. The molecule has 1 fully saturated rings. The minimum Gasteiger partial charge on any atom is -0.493 e. The standard InChI is InChI=1S/C21H24N2O3/c24-20(23-12-13-25-19-9-5-4-6-17(19)14-23)22-15-21(10-11-21)16-26-18-7-2-1-3-8-18/h1-9H,10-16H2,(H,22,24). The summed E-state index contributed by atoms with van der Waals surface area (Å²) in [6, 6.07) is 17.7. The molecule has 0 bridgehead atoms. The summed E-state index contributed by atoms with van der Waals surface area (Å²) in [5.74, 6) is 1.75. The average molecular weight is 352 g/mol. The molecule has 0 unspecified atom stereocenters. The Hall–Kier alpha value is -2.69. The van der Waals surface area contributed by atoms with E-state index in [9.17, 15) is 4.79 Å². The maximum absolute atomic E-state index is 12.6. The summed E-state index contributed by atoms with van der Waals surface area (Å²) in [5, 5.41) is 3.10. The summed E-state index contributed by atoms with van der Waals surface area (Å²) < 4.78 is 11.6. The highest BCUT2D eigenvalue weighted by molar-refractivity contribution is 5.74. The zero-order valence-corrected chi connectivity index (χ0v) is 14.8. The first kappa shape index (κ1) is 16.8. The van der Waals surface area contributed by atoms with E-state index in [2.05, 4.69) is 5.32 Å². The second kappa shape index (κ2) is 7.28. The van der Waals surface area contributed by atoms with Crippen LogP contribution < -0.4 is 14.8 Å². The molecule has 1 saturated carbocycles. The van der Waals surface area contributed by atoms with Crippen molar-refractivity contribution in [3.8, 4) is 11.5 Å². The van der Waals surface area contributed by atoms with E-state index in [0.717, 1.165) is 29.9 Å². The first-order chi connectivity index (χ1) is 12.7. The van der Waals surface area contributed by atoms with Gasteiger partial charge in [-0.25, -0.2) is 4.79 Å². The van der Waals surface area contributed by atoms with Gasteiger partial charge < -0.3 is 19.7 Å². The number of benzene rings is 2. The first-order valence-corrected chi connectivity index (χ1v) is 9.16. The number of hydrogen-bond donors (Lipinski definition) is 1. The number of amides is 2. The molecule has 2 amide bonds. The van der Waals surface area contributed by atoms with E-state index < -0.39 is 0 Å². The molecule has 26 heavy (non-hydrogen) atoms. The second-order valence-corrected chi connectivity index (χ2v) is 7.14. The zero-order valence-electron chi connectivity index (χ0n) is 14.8. The molecule has 2 aliphatic rings. The molecule has 1 aliphatic heterocycles. The van der Waals surface area contributed by atoms with Gasteiger partial charge in [0.2, 0.25) is 0 Å². The van der Waals surface area contributed by atoms with E-state index in [1.807, 2.05) is 59.5 Å². The number of carbonyl (C=O) groups is 1. The van der Waals surface area contributed by atoms with Gasteiger partial charge in [0.05, 0.1) is 19.7 Å². The van der Waals surface area contributed by atoms with Crippen molar-refractivity contribution in [2.75, 3.05) is 26.3 Å². The Balaban J connectivity index is 1.30. The topological polar surface area (TPSA) is 50.8 Å². The maximum Gasteiger partial charge on any atom is 0.317 e. The molecule has 5 heteroatoms. The summed E-state index contributed by atoms with van der Waals surface area (Å²) in [5.41, 5.74) is 1.12. The van der Waals surface area contributed by atoms with Crippen LogP contribution in [-0.2, 0) is 6.54 Å². The van der Waals surface area contributed by atoms with Crippen LogP contribution in [0.3, 0.4) is 0 Å². The SMILES string of the molecule is O=C(NCC1(COc2ccccc2)CC1)N1CCOc2ccccc2C1. The van der Waals surface area contributed by atoms with Crippen molar-refractivity contribution in [2.45, 2.75) is 19.4 Å². The summed E-state index contributed by atoms with van der Waals surface area (Å²) in [4.78, 5) is 14.4. The van der Waals surface area contributed by atoms with E-state index in [0.29, 0.717) is 32.8 Å². The van der Waals surface area contributed by atoms with Gasteiger partial charge >= 0.3 is 6.03 Å². The van der Waals surface area contributed by atoms with E-state index in [-0.39, 0.29) is 11.4 Å². The number of hydrogen-bond acceptors (Lipinski definition) is 3. The lowest BCUT2D eigenvalue weighted by molar-refractivity contribution is 0.179. The lowest BCUT2D eigenvalue weighted by atomic mass is 10.1. The van der Waals surface area contributed by atoms with Gasteiger partial charge in [0.25, 0.3) is 0 Å². The molecule has 2 aromatic carbocycles. The van der Waals surface area contributed by atoms with Crippen molar-refractivity contribution in [1.82, 2.24) is 10.2 Å². The van der Waals surface area contributed by atoms with Crippen LogP contribution in [0, 0.1) is 5.41 Å². The maximum atomic E-state index is 12.6. The number of nitrogens with one attached hydrogen (secondary N) is 1. The molecule has 1 N–H and O–H groups in total. The van der Waals surface area contributed by atoms with Gasteiger partial charge in [0.15, 0.2) is 0 Å². The van der Waals surface area contributed by atoms with Crippen LogP contribution >= 0.6 is 0 Å². The highest BCUT2D eigenvalue weighted by Crippen LogP contribution is 2.45. The van der Waals surface area contributed by atoms with Crippen LogP contribution in [-0.4, -0.2) is 37.2 Å². The molecule has 4 rings (SSSR count). The van der Waals surface area contributed by atoms with Crippen molar-refractivity contribution in [3.05, 3.63) is 60.2 Å². The van der Waals surface area contributed by atoms with E-state index in [4.69, 9.17) is 9.47 Å². The van der Waals surface area contributed by atoms with Gasteiger partial charge in [-0.15, -0.1) is 0 Å². The Labute approximate surface area is 153 Å². The molecule has 1 heterocycles. The Bertz CT molecular complexity index is 759. The second-order valence-electron chi connectivity index (χ2n) is 7.14. The van der Waals surface area contributed by atoms with E-state index in [1.54, 1.807) is 0 Å². The van der Waals surface area contributed by atoms with Gasteiger partial charge in [0, 0.05) is 17.5 Å². The van der Waals surface area contributed by atoms with Gasteiger partial charge in [-0.1, -0.05) is 36.4 Å². The predicted octanol–water partition coefficient (Wildman–Crippen LogP) is 3.45. The molecule has 1 aliphatic carbocycles. The highest BCUT2D eigenvalue weighted by Gasteiger charge is 2.44. The average Bonchev–Trinajstić information content (AvgIpc) is 3.48. The fourth-order valence-corrected chi connectivity index (χ4v) is 3.18. The monoisotopic (exact) mass is 352 g/mol. The minimum atomic E-state index is -0.0312. The van der Waals surface area contributed by atoms with Gasteiger partial charge in [0.1, 0.15) is 18.1 Å². The molecule has 136 valence electrons. The lowest BCUT2D eigenvalue weighted by Crippen LogP contribution is -2.43. The summed E-state index contributed by atoms with van der Waals surface area (Å²) in [7, 11) is 0. The normalized spacial score (nSPS) is 17.5. The number of ether oxygens (including phenoxy) is 2. The molecule has 5 nitrogen and oxygen atoms in total. The number of nitrogens with zero attached hydrogens (tertiary/aromatic N) is 1. The van der Waals surface area contributed by atoms with Crippen molar-refractivity contribution in [2.24, 2.45) is 5.41 Å². The third-order valence-corrected chi connectivity index (χ3v) is 5.10. The molecule has 0 atom stereocenters. The molecule has 0 spiro atoms. The molecule has 0 saturated heterocycles. The lowest BCUT2D eigenvalue weighted by Gasteiger charge is -2.23. The number of rotatable bonds is 5. The highest BCUT2D eigenvalue weighted by atomic mass is 16.5. The summed E-state index contributed by atoms with van der Waals surface area (Å²) in [6.07, 6.45) is 2.18. The molecular weight excluding hydrogens is 328 g/mol. The Morgan fingerprint density at radius 2 is 1.88 bits per heavy atom. The fraction of sp³-hybridized carbons (Fsp3) is 0.381. The van der Waals surface area contributed by atoms with Crippen molar-refractivity contribution >= 4 is 6.03 Å². The van der Waals surface area contributed by atoms with Gasteiger partial charge in [-0.05, 0) is 31.0 Å². The Kier molecular flexibility index (Phi) is 4.69. The van der Waals surface area contributed by atoms with Gasteiger partial charge in [-0.2, -0.15) is 0 Å². The summed E-state index contributed by atoms with van der Waals surface area (Å²) >= 11 is 0. The largest absolute Gasteiger partial charge is 0.493 e. The third kappa shape index (κ3) is 3.93. The van der Waals surface area contributed by atoms with Crippen LogP contribution in [0.25, 0.3) is 0 Å². The fourth-order valence-electron chi connectivity index (χ4n) is 3.18. The number of fused-ring (bicyclic) bond motifs is 1. The summed E-state index contributed by atoms with van der Waals surface area (Å²) in [6.45, 7) is 2.98. The van der Waals surface area contributed by atoms with E-state index >= 15 is 0 Å². The molecule has 0 radical (unpaired) electrons. The van der Waals surface area contributed by atoms with Crippen molar-refractivity contribution in [1.29, 1.82) is 0 Å². The molecular formula is C21H24N2O3. The van der Waals surface area contributed by atoms with Crippen molar-refractivity contribution < 1.29 is 14.3 Å². The predicted molar refractivity (Wildman–Crippen MR) is 99.3 cm³/mol. The number of urea groups is 1. The molecule has 0 aromatic heterocycles. The third-order valence-electron chi connectivity index (χ3n) is 5.10. The number of carbonyl (C=O) groups excluding carboxylic acids is 1. The van der Waals surface area contributed by atoms with Crippen LogP contribution in [0.1, 0.15) is 18.4 Å². The quantitative estimate of drug-likeness (QED) is 0.897. The number of para-hydroxylation sites is 2. The zero-order chi connectivity index (χ0) is 17.8.